The second-order valence-electron chi connectivity index (χ2n) is 5.98. The third kappa shape index (κ3) is 5.46. The number of halogens is 3. The number of hydrogen-bond donors (Lipinski definition) is 2. The molecule has 0 aliphatic rings. The highest BCUT2D eigenvalue weighted by atomic mass is 35.5. The predicted octanol–water partition coefficient (Wildman–Crippen LogP) is 6.35. The molecule has 0 amide bonds. The lowest BCUT2D eigenvalue weighted by molar-refractivity contribution is 0.296. The summed E-state index contributed by atoms with van der Waals surface area (Å²) in [5.74, 6) is 1.20. The zero-order valence-corrected chi connectivity index (χ0v) is 17.4. The van der Waals surface area contributed by atoms with Gasteiger partial charge in [0.05, 0.1) is 22.2 Å². The molecule has 0 saturated carbocycles. The van der Waals surface area contributed by atoms with Crippen LogP contribution in [0.15, 0.2) is 60.7 Å². The van der Waals surface area contributed by atoms with Crippen LogP contribution in [0.25, 0.3) is 0 Å². The van der Waals surface area contributed by atoms with Crippen LogP contribution < -0.4 is 20.3 Å². The number of nitrogens with one attached hydrogen (secondary N) is 2. The Kier molecular flexibility index (Phi) is 7.29. The maximum Gasteiger partial charge on any atom is 0.139 e. The molecule has 0 aliphatic heterocycles. The average molecular weight is 438 g/mol. The van der Waals surface area contributed by atoms with Gasteiger partial charge in [-0.3, -0.25) is 0 Å². The Morgan fingerprint density at radius 1 is 0.821 bits per heavy atom. The van der Waals surface area contributed by atoms with Gasteiger partial charge in [-0.25, -0.2) is 5.43 Å². The lowest BCUT2D eigenvalue weighted by Crippen LogP contribution is -2.20. The Labute approximate surface area is 179 Å². The van der Waals surface area contributed by atoms with Crippen LogP contribution in [0.1, 0.15) is 11.1 Å². The lowest BCUT2D eigenvalue weighted by Gasteiger charge is -2.14. The molecule has 3 aromatic carbocycles. The van der Waals surface area contributed by atoms with E-state index in [9.17, 15) is 0 Å². The van der Waals surface area contributed by atoms with Crippen molar-refractivity contribution in [2.24, 2.45) is 0 Å². The number of ether oxygens (including phenoxy) is 2. The highest BCUT2D eigenvalue weighted by Gasteiger charge is 2.10. The molecule has 0 heterocycles. The second kappa shape index (κ2) is 9.89. The van der Waals surface area contributed by atoms with Crippen molar-refractivity contribution in [3.05, 3.63) is 86.9 Å². The highest BCUT2D eigenvalue weighted by Crippen LogP contribution is 2.34. The van der Waals surface area contributed by atoms with Crippen molar-refractivity contribution in [1.29, 1.82) is 0 Å². The Morgan fingerprint density at radius 3 is 2.32 bits per heavy atom. The van der Waals surface area contributed by atoms with Gasteiger partial charge in [0.2, 0.25) is 0 Å². The van der Waals surface area contributed by atoms with Gasteiger partial charge in [0.1, 0.15) is 18.1 Å². The molecule has 146 valence electrons. The largest absolute Gasteiger partial charge is 0.496 e. The average Bonchev–Trinajstić information content (AvgIpc) is 2.70. The molecule has 0 aromatic heterocycles. The standard InChI is InChI=1S/C21H19Cl3N2O2/c1-27-20-8-7-14(12-25-26-16-5-3-2-4-6-16)9-15(20)13-28-21-11-18(23)17(22)10-19(21)24/h2-11,25-26H,12-13H2,1H3. The van der Waals surface area contributed by atoms with Crippen molar-refractivity contribution in [3.63, 3.8) is 0 Å². The number of anilines is 1. The molecule has 0 saturated heterocycles. The van der Waals surface area contributed by atoms with Gasteiger partial charge in [0, 0.05) is 23.9 Å². The zero-order chi connectivity index (χ0) is 19.9. The number of benzene rings is 3. The summed E-state index contributed by atoms with van der Waals surface area (Å²) in [6.45, 7) is 0.903. The van der Waals surface area contributed by atoms with Gasteiger partial charge in [-0.1, -0.05) is 59.1 Å². The maximum atomic E-state index is 6.18. The highest BCUT2D eigenvalue weighted by molar-refractivity contribution is 6.43. The van der Waals surface area contributed by atoms with Crippen LogP contribution >= 0.6 is 34.8 Å². The first-order valence-corrected chi connectivity index (χ1v) is 9.67. The van der Waals surface area contributed by atoms with Gasteiger partial charge in [-0.05, 0) is 35.9 Å². The number of para-hydroxylation sites is 1. The number of rotatable bonds is 8. The number of methoxy groups -OCH3 is 1. The molecular weight excluding hydrogens is 419 g/mol. The fourth-order valence-electron chi connectivity index (χ4n) is 2.59. The molecule has 0 atom stereocenters. The van der Waals surface area contributed by atoms with Crippen molar-refractivity contribution >= 4 is 40.5 Å². The van der Waals surface area contributed by atoms with Crippen molar-refractivity contribution in [2.45, 2.75) is 13.2 Å². The van der Waals surface area contributed by atoms with Crippen molar-refractivity contribution in [1.82, 2.24) is 5.43 Å². The minimum Gasteiger partial charge on any atom is -0.496 e. The number of hydrogen-bond acceptors (Lipinski definition) is 4. The molecule has 7 heteroatoms. The monoisotopic (exact) mass is 436 g/mol. The Morgan fingerprint density at radius 2 is 1.57 bits per heavy atom. The molecule has 0 radical (unpaired) electrons. The van der Waals surface area contributed by atoms with E-state index in [-0.39, 0.29) is 6.61 Å². The first-order chi connectivity index (χ1) is 13.6. The summed E-state index contributed by atoms with van der Waals surface area (Å²) in [5.41, 5.74) is 9.31. The SMILES string of the molecule is COc1ccc(CNNc2ccccc2)cc1COc1cc(Cl)c(Cl)cc1Cl. The third-order valence-electron chi connectivity index (χ3n) is 4.00. The first kappa shape index (κ1) is 20.6. The van der Waals surface area contributed by atoms with Gasteiger partial charge < -0.3 is 14.9 Å². The molecule has 28 heavy (non-hydrogen) atoms. The van der Waals surface area contributed by atoms with E-state index in [0.29, 0.717) is 27.4 Å². The molecule has 2 N–H and O–H groups in total. The Balaban J connectivity index is 1.66. The number of hydrazine groups is 1. The summed E-state index contributed by atoms with van der Waals surface area (Å²) in [6, 6.07) is 19.0. The Bertz CT molecular complexity index is 936. The van der Waals surface area contributed by atoms with Gasteiger partial charge >= 0.3 is 0 Å². The predicted molar refractivity (Wildman–Crippen MR) is 116 cm³/mol. The molecular formula is C21H19Cl3N2O2. The van der Waals surface area contributed by atoms with E-state index in [1.807, 2.05) is 48.5 Å². The van der Waals surface area contributed by atoms with Crippen LogP contribution in [-0.4, -0.2) is 7.11 Å². The molecule has 0 unspecified atom stereocenters. The maximum absolute atomic E-state index is 6.18. The van der Waals surface area contributed by atoms with Crippen LogP contribution in [0.4, 0.5) is 5.69 Å². The van der Waals surface area contributed by atoms with Crippen LogP contribution in [-0.2, 0) is 13.2 Å². The van der Waals surface area contributed by atoms with E-state index in [1.165, 1.54) is 0 Å². The van der Waals surface area contributed by atoms with E-state index >= 15 is 0 Å². The zero-order valence-electron chi connectivity index (χ0n) is 15.1. The fraction of sp³-hybridized carbons (Fsp3) is 0.143. The van der Waals surface area contributed by atoms with E-state index in [0.717, 1.165) is 22.6 Å². The summed E-state index contributed by atoms with van der Waals surface area (Å²) >= 11 is 18.2. The van der Waals surface area contributed by atoms with E-state index in [2.05, 4.69) is 10.9 Å². The molecule has 0 fully saturated rings. The van der Waals surface area contributed by atoms with E-state index < -0.39 is 0 Å². The summed E-state index contributed by atoms with van der Waals surface area (Å²) in [5, 5.41) is 1.17. The lowest BCUT2D eigenvalue weighted by atomic mass is 10.1. The van der Waals surface area contributed by atoms with Gasteiger partial charge in [-0.2, -0.15) is 0 Å². The topological polar surface area (TPSA) is 42.5 Å². The summed E-state index contributed by atoms with van der Waals surface area (Å²) in [6.07, 6.45) is 0. The summed E-state index contributed by atoms with van der Waals surface area (Å²) < 4.78 is 11.3. The van der Waals surface area contributed by atoms with Gasteiger partial charge in [-0.15, -0.1) is 0 Å². The third-order valence-corrected chi connectivity index (χ3v) is 5.02. The fourth-order valence-corrected chi connectivity index (χ4v) is 3.19. The van der Waals surface area contributed by atoms with Crippen molar-refractivity contribution in [2.75, 3.05) is 12.5 Å². The van der Waals surface area contributed by atoms with Gasteiger partial charge in [0.25, 0.3) is 0 Å². The molecule has 3 rings (SSSR count). The van der Waals surface area contributed by atoms with E-state index in [1.54, 1.807) is 19.2 Å². The van der Waals surface area contributed by atoms with E-state index in [4.69, 9.17) is 44.3 Å². The normalized spacial score (nSPS) is 10.6. The quantitative estimate of drug-likeness (QED) is 0.318. The summed E-state index contributed by atoms with van der Waals surface area (Å²) in [4.78, 5) is 0. The minimum absolute atomic E-state index is 0.279. The first-order valence-electron chi connectivity index (χ1n) is 8.54. The van der Waals surface area contributed by atoms with Crippen molar-refractivity contribution in [3.8, 4) is 11.5 Å². The van der Waals surface area contributed by atoms with Crippen molar-refractivity contribution < 1.29 is 9.47 Å². The molecule has 3 aromatic rings. The van der Waals surface area contributed by atoms with Gasteiger partial charge in [0.15, 0.2) is 0 Å². The Hall–Kier alpha value is -2.11. The molecule has 0 spiro atoms. The molecule has 0 bridgehead atoms. The van der Waals surface area contributed by atoms with Crippen LogP contribution in [0, 0.1) is 0 Å². The van der Waals surface area contributed by atoms with Crippen LogP contribution in [0.3, 0.4) is 0 Å². The second-order valence-corrected chi connectivity index (χ2v) is 7.20. The summed E-state index contributed by atoms with van der Waals surface area (Å²) in [7, 11) is 1.62. The molecule has 0 aliphatic carbocycles. The molecule has 4 nitrogen and oxygen atoms in total. The van der Waals surface area contributed by atoms with Crippen LogP contribution in [0.2, 0.25) is 15.1 Å². The smallest absolute Gasteiger partial charge is 0.139 e. The minimum atomic E-state index is 0.279. The van der Waals surface area contributed by atoms with Crippen LogP contribution in [0.5, 0.6) is 11.5 Å².